The van der Waals surface area contributed by atoms with Crippen molar-refractivity contribution in [3.8, 4) is 11.5 Å². The number of fused-ring (bicyclic) bond motifs is 2. The largest absolute Gasteiger partial charge is 0.493 e. The van der Waals surface area contributed by atoms with Crippen LogP contribution in [0.5, 0.6) is 11.5 Å². The Labute approximate surface area is 302 Å². The number of hydrogen-bond donors (Lipinski definition) is 0. The van der Waals surface area contributed by atoms with Gasteiger partial charge in [0, 0.05) is 39.6 Å². The number of benzene rings is 6. The summed E-state index contributed by atoms with van der Waals surface area (Å²) in [5.41, 5.74) is 2.18. The molecule has 0 fully saturated rings. The molecule has 8 nitrogen and oxygen atoms in total. The van der Waals surface area contributed by atoms with Crippen LogP contribution in [-0.4, -0.2) is 49.3 Å². The standard InChI is InChI=1S/C44H42N2O6/c1-4-5-6-7-8-9-10-11-12-13-25-45-41(47)30-21-17-26-28-19-23-32-39-33(44(50)46(43(32)49)34-15-14-16-35(51-2)40(34)52-3)24-20-29(37(28)39)27-18-22-31(42(45)48)38(30)36(26)27/h14-24H,4-13,25H2,1-3H3. The molecule has 2 aliphatic rings. The van der Waals surface area contributed by atoms with Gasteiger partial charge in [0.1, 0.15) is 0 Å². The van der Waals surface area contributed by atoms with Gasteiger partial charge in [0.2, 0.25) is 0 Å². The zero-order valence-corrected chi connectivity index (χ0v) is 30.0. The number of rotatable bonds is 14. The van der Waals surface area contributed by atoms with Crippen molar-refractivity contribution >= 4 is 72.4 Å². The van der Waals surface area contributed by atoms with Gasteiger partial charge < -0.3 is 9.47 Å². The Bertz CT molecular complexity index is 2310. The molecule has 0 aliphatic carbocycles. The number of imide groups is 2. The highest BCUT2D eigenvalue weighted by atomic mass is 16.5. The number of unbranched alkanes of at least 4 members (excludes halogenated alkanes) is 9. The number of ether oxygens (including phenoxy) is 2. The van der Waals surface area contributed by atoms with E-state index >= 15 is 0 Å². The lowest BCUT2D eigenvalue weighted by molar-refractivity contribution is 0.0607. The zero-order chi connectivity index (χ0) is 36.1. The van der Waals surface area contributed by atoms with Crippen molar-refractivity contribution in [2.75, 3.05) is 25.7 Å². The molecule has 0 aromatic heterocycles. The third-order valence-electron chi connectivity index (χ3n) is 11.1. The highest BCUT2D eigenvalue weighted by Crippen LogP contribution is 2.47. The van der Waals surface area contributed by atoms with Crippen LogP contribution in [0.3, 0.4) is 0 Å². The molecule has 0 saturated heterocycles. The number of hydrogen-bond acceptors (Lipinski definition) is 6. The molecule has 0 atom stereocenters. The number of anilines is 1. The Kier molecular flexibility index (Phi) is 8.77. The van der Waals surface area contributed by atoms with Gasteiger partial charge in [-0.05, 0) is 75.1 Å². The molecule has 6 aromatic carbocycles. The van der Waals surface area contributed by atoms with Crippen molar-refractivity contribution in [2.45, 2.75) is 71.1 Å². The molecule has 0 saturated carbocycles. The predicted octanol–water partition coefficient (Wildman–Crippen LogP) is 10.1. The molecule has 2 heterocycles. The first-order valence-corrected chi connectivity index (χ1v) is 18.6. The molecule has 6 aromatic rings. The highest BCUT2D eigenvalue weighted by molar-refractivity contribution is 6.43. The molecular formula is C44H42N2O6. The van der Waals surface area contributed by atoms with Gasteiger partial charge >= 0.3 is 0 Å². The van der Waals surface area contributed by atoms with E-state index in [4.69, 9.17) is 9.47 Å². The Morgan fingerprint density at radius 1 is 0.481 bits per heavy atom. The SMILES string of the molecule is CCCCCCCCCCCCN1C(=O)c2ccc3c4ccc5c6c(ccc(c7ccc(c2c37)C1=O)c64)C(=O)N(c1cccc(OC)c1OC)C5=O. The molecule has 0 radical (unpaired) electrons. The van der Waals surface area contributed by atoms with E-state index < -0.39 is 11.8 Å². The van der Waals surface area contributed by atoms with E-state index in [9.17, 15) is 19.2 Å². The lowest BCUT2D eigenvalue weighted by atomic mass is 9.82. The number of carbonyl (C=O) groups is 4. The molecule has 0 N–H and O–H groups in total. The third-order valence-corrected chi connectivity index (χ3v) is 11.1. The summed E-state index contributed by atoms with van der Waals surface area (Å²) in [6, 6.07) is 20.0. The van der Waals surface area contributed by atoms with Crippen molar-refractivity contribution < 1.29 is 28.7 Å². The molecule has 2 aliphatic heterocycles. The summed E-state index contributed by atoms with van der Waals surface area (Å²) in [5.74, 6) is -0.715. The minimum absolute atomic E-state index is 0.252. The Hall–Kier alpha value is -5.50. The van der Waals surface area contributed by atoms with Gasteiger partial charge in [0.25, 0.3) is 23.6 Å². The van der Waals surface area contributed by atoms with Gasteiger partial charge in [0.05, 0.1) is 19.9 Å². The fourth-order valence-electron chi connectivity index (χ4n) is 8.54. The molecule has 4 amide bonds. The molecular weight excluding hydrogens is 652 g/mol. The topological polar surface area (TPSA) is 93.2 Å². The molecule has 0 bridgehead atoms. The van der Waals surface area contributed by atoms with E-state index in [1.165, 1.54) is 64.1 Å². The van der Waals surface area contributed by atoms with E-state index in [1.54, 1.807) is 30.3 Å². The van der Waals surface area contributed by atoms with Crippen LogP contribution in [-0.2, 0) is 0 Å². The van der Waals surface area contributed by atoms with Gasteiger partial charge in [-0.15, -0.1) is 0 Å². The zero-order valence-electron chi connectivity index (χ0n) is 30.0. The molecule has 52 heavy (non-hydrogen) atoms. The second-order valence-electron chi connectivity index (χ2n) is 14.0. The van der Waals surface area contributed by atoms with Crippen LogP contribution in [0, 0.1) is 0 Å². The number of nitrogens with zero attached hydrogens (tertiary/aromatic N) is 2. The van der Waals surface area contributed by atoms with Crippen molar-refractivity contribution in [3.63, 3.8) is 0 Å². The summed E-state index contributed by atoms with van der Waals surface area (Å²) < 4.78 is 11.1. The average Bonchev–Trinajstić information content (AvgIpc) is 3.17. The minimum Gasteiger partial charge on any atom is -0.493 e. The van der Waals surface area contributed by atoms with E-state index in [0.717, 1.165) is 56.5 Å². The van der Waals surface area contributed by atoms with Crippen LogP contribution in [0.2, 0.25) is 0 Å². The van der Waals surface area contributed by atoms with Crippen LogP contribution in [0.1, 0.15) is 113 Å². The summed E-state index contributed by atoms with van der Waals surface area (Å²) in [7, 11) is 2.98. The van der Waals surface area contributed by atoms with Crippen LogP contribution in [0.15, 0.2) is 66.7 Å². The summed E-state index contributed by atoms with van der Waals surface area (Å²) in [5, 5.41) is 6.37. The van der Waals surface area contributed by atoms with Gasteiger partial charge in [-0.25, -0.2) is 4.90 Å². The fraction of sp³-hybridized carbons (Fsp3) is 0.318. The predicted molar refractivity (Wildman–Crippen MR) is 206 cm³/mol. The average molecular weight is 695 g/mol. The first-order chi connectivity index (χ1) is 25.4. The third kappa shape index (κ3) is 5.10. The number of amides is 4. The van der Waals surface area contributed by atoms with Gasteiger partial charge in [0.15, 0.2) is 11.5 Å². The van der Waals surface area contributed by atoms with E-state index in [-0.39, 0.29) is 11.8 Å². The second kappa shape index (κ2) is 13.6. The molecule has 0 unspecified atom stereocenters. The van der Waals surface area contributed by atoms with Crippen LogP contribution >= 0.6 is 0 Å². The molecule has 264 valence electrons. The quantitative estimate of drug-likeness (QED) is 0.0488. The first kappa shape index (κ1) is 33.6. The maximum absolute atomic E-state index is 14.2. The monoisotopic (exact) mass is 694 g/mol. The summed E-state index contributed by atoms with van der Waals surface area (Å²) in [6.07, 6.45) is 11.8. The van der Waals surface area contributed by atoms with E-state index in [2.05, 4.69) is 6.92 Å². The summed E-state index contributed by atoms with van der Waals surface area (Å²) >= 11 is 0. The molecule has 8 heteroatoms. The minimum atomic E-state index is -0.456. The Morgan fingerprint density at radius 3 is 1.37 bits per heavy atom. The van der Waals surface area contributed by atoms with Crippen molar-refractivity contribution in [1.82, 2.24) is 4.90 Å². The Morgan fingerprint density at radius 2 is 0.923 bits per heavy atom. The second-order valence-corrected chi connectivity index (χ2v) is 14.0. The number of para-hydroxylation sites is 1. The first-order valence-electron chi connectivity index (χ1n) is 18.6. The number of methoxy groups -OCH3 is 2. The summed E-state index contributed by atoms with van der Waals surface area (Å²) in [4.78, 5) is 58.8. The normalized spacial score (nSPS) is 14.2. The van der Waals surface area contributed by atoms with Gasteiger partial charge in [-0.2, -0.15) is 0 Å². The molecule has 8 rings (SSSR count). The summed E-state index contributed by atoms with van der Waals surface area (Å²) in [6.45, 7) is 2.64. The van der Waals surface area contributed by atoms with Crippen molar-refractivity contribution in [2.24, 2.45) is 0 Å². The lowest BCUT2D eigenvalue weighted by Gasteiger charge is -2.30. The lowest BCUT2D eigenvalue weighted by Crippen LogP contribution is -2.41. The highest BCUT2D eigenvalue weighted by Gasteiger charge is 2.38. The number of carbonyl (C=O) groups excluding carboxylic acids is 4. The van der Waals surface area contributed by atoms with Crippen LogP contribution < -0.4 is 14.4 Å². The van der Waals surface area contributed by atoms with Crippen LogP contribution in [0.4, 0.5) is 5.69 Å². The van der Waals surface area contributed by atoms with Crippen molar-refractivity contribution in [3.05, 3.63) is 89.0 Å². The fourth-order valence-corrected chi connectivity index (χ4v) is 8.54. The van der Waals surface area contributed by atoms with E-state index in [0.29, 0.717) is 56.8 Å². The van der Waals surface area contributed by atoms with Crippen molar-refractivity contribution in [1.29, 1.82) is 0 Å². The maximum Gasteiger partial charge on any atom is 0.266 e. The molecule has 0 spiro atoms. The van der Waals surface area contributed by atoms with Gasteiger partial charge in [-0.1, -0.05) is 95.0 Å². The Balaban J connectivity index is 1.14. The smallest absolute Gasteiger partial charge is 0.266 e. The maximum atomic E-state index is 14.2. The van der Waals surface area contributed by atoms with Crippen LogP contribution in [0.25, 0.3) is 43.1 Å². The van der Waals surface area contributed by atoms with E-state index in [1.807, 2.05) is 36.4 Å². The van der Waals surface area contributed by atoms with Gasteiger partial charge in [-0.3, -0.25) is 24.1 Å².